The molecule has 0 bridgehead atoms. The molecule has 0 atom stereocenters. The largest absolute Gasteiger partial charge is 0.480 e. The van der Waals surface area contributed by atoms with E-state index in [1.54, 1.807) is 31.4 Å². The minimum Gasteiger partial charge on any atom is -0.480 e. The molecule has 174 valence electrons. The molecular weight excluding hydrogens is 440 g/mol. The van der Waals surface area contributed by atoms with Crippen LogP contribution in [0.2, 0.25) is 0 Å². The first-order valence-corrected chi connectivity index (χ1v) is 10.8. The highest BCUT2D eigenvalue weighted by Crippen LogP contribution is 2.33. The third-order valence-electron chi connectivity index (χ3n) is 4.82. The zero-order chi connectivity index (χ0) is 24.5. The zero-order valence-corrected chi connectivity index (χ0v) is 19.9. The fourth-order valence-electron chi connectivity index (χ4n) is 2.96. The first kappa shape index (κ1) is 25.5. The molecule has 0 unspecified atom stereocenters. The summed E-state index contributed by atoms with van der Waals surface area (Å²) >= 11 is 1.20. The zero-order valence-electron chi connectivity index (χ0n) is 19.1. The van der Waals surface area contributed by atoms with Crippen molar-refractivity contribution in [3.63, 3.8) is 0 Å². The van der Waals surface area contributed by atoms with Gasteiger partial charge < -0.3 is 14.4 Å². The van der Waals surface area contributed by atoms with Gasteiger partial charge in [-0.2, -0.15) is 0 Å². The Labute approximate surface area is 197 Å². The second-order valence-electron chi connectivity index (χ2n) is 7.13. The summed E-state index contributed by atoms with van der Waals surface area (Å²) in [4.78, 5) is 30.8. The van der Waals surface area contributed by atoms with Gasteiger partial charge in [-0.05, 0) is 24.0 Å². The van der Waals surface area contributed by atoms with Crippen molar-refractivity contribution in [1.82, 2.24) is 9.88 Å². The SMILES string of the molecule is C=C/C=C\C(=C)C(=C)c1sc(NC(=O)C2=CC=C(CN(C)C(=O)OC)CC2)nc1C(=N)OC. The third kappa shape index (κ3) is 6.63. The number of carbonyl (C=O) groups excluding carboxylic acids is 2. The monoisotopic (exact) mass is 468 g/mol. The first-order chi connectivity index (χ1) is 15.7. The van der Waals surface area contributed by atoms with Crippen molar-refractivity contribution in [3.05, 3.63) is 77.4 Å². The number of aromatic nitrogens is 1. The summed E-state index contributed by atoms with van der Waals surface area (Å²) in [6.45, 7) is 12.1. The average molecular weight is 469 g/mol. The molecule has 9 heteroatoms. The minimum atomic E-state index is -0.412. The topological polar surface area (TPSA) is 105 Å². The van der Waals surface area contributed by atoms with Gasteiger partial charge in [0.1, 0.15) is 5.69 Å². The molecule has 0 saturated heterocycles. The molecule has 8 nitrogen and oxygen atoms in total. The molecule has 0 spiro atoms. The summed E-state index contributed by atoms with van der Waals surface area (Å²) in [5, 5.41) is 11.2. The molecule has 2 amide bonds. The van der Waals surface area contributed by atoms with E-state index in [2.05, 4.69) is 30.0 Å². The maximum absolute atomic E-state index is 12.8. The lowest BCUT2D eigenvalue weighted by Crippen LogP contribution is -2.29. The normalized spacial score (nSPS) is 12.9. The molecule has 33 heavy (non-hydrogen) atoms. The lowest BCUT2D eigenvalue weighted by molar-refractivity contribution is -0.113. The van der Waals surface area contributed by atoms with Crippen LogP contribution in [0.4, 0.5) is 9.93 Å². The van der Waals surface area contributed by atoms with E-state index in [-0.39, 0.29) is 17.5 Å². The maximum Gasteiger partial charge on any atom is 0.409 e. The van der Waals surface area contributed by atoms with Gasteiger partial charge in [0, 0.05) is 19.2 Å². The molecule has 0 aromatic carbocycles. The second-order valence-corrected chi connectivity index (χ2v) is 8.12. The van der Waals surface area contributed by atoms with E-state index in [4.69, 9.17) is 14.9 Å². The number of nitrogens with zero attached hydrogens (tertiary/aromatic N) is 2. The maximum atomic E-state index is 12.8. The van der Waals surface area contributed by atoms with Gasteiger partial charge in [0.25, 0.3) is 5.91 Å². The number of ether oxygens (including phenoxy) is 2. The Kier molecular flexibility index (Phi) is 9.11. The van der Waals surface area contributed by atoms with Gasteiger partial charge in [-0.1, -0.05) is 67.0 Å². The van der Waals surface area contributed by atoms with Crippen LogP contribution in [0.15, 0.2) is 66.8 Å². The quantitative estimate of drug-likeness (QED) is 0.310. The molecular formula is C24H28N4O4S. The number of allylic oxidation sites excluding steroid dienone is 7. The number of amides is 2. The van der Waals surface area contributed by atoms with Crippen molar-refractivity contribution in [3.8, 4) is 0 Å². The Morgan fingerprint density at radius 3 is 2.58 bits per heavy atom. The number of hydrogen-bond donors (Lipinski definition) is 2. The van der Waals surface area contributed by atoms with Crippen LogP contribution < -0.4 is 5.32 Å². The van der Waals surface area contributed by atoms with Gasteiger partial charge in [-0.25, -0.2) is 9.78 Å². The molecule has 2 N–H and O–H groups in total. The molecule has 1 aromatic rings. The molecule has 0 fully saturated rings. The highest BCUT2D eigenvalue weighted by molar-refractivity contribution is 7.17. The van der Waals surface area contributed by atoms with Gasteiger partial charge in [0.15, 0.2) is 5.13 Å². The molecule has 2 rings (SSSR count). The summed E-state index contributed by atoms with van der Waals surface area (Å²) in [6, 6.07) is 0. The Hall–Kier alpha value is -3.72. The highest BCUT2D eigenvalue weighted by atomic mass is 32.1. The number of hydrogen-bond acceptors (Lipinski definition) is 7. The van der Waals surface area contributed by atoms with Crippen molar-refractivity contribution in [2.45, 2.75) is 12.8 Å². The Bertz CT molecular complexity index is 1080. The number of nitrogens with one attached hydrogen (secondary N) is 2. The summed E-state index contributed by atoms with van der Waals surface area (Å²) in [7, 11) is 4.37. The van der Waals surface area contributed by atoms with Gasteiger partial charge >= 0.3 is 6.09 Å². The Morgan fingerprint density at radius 2 is 2.00 bits per heavy atom. The first-order valence-electron chi connectivity index (χ1n) is 10.0. The van der Waals surface area contributed by atoms with E-state index in [1.165, 1.54) is 30.5 Å². The van der Waals surface area contributed by atoms with Crippen molar-refractivity contribution in [1.29, 1.82) is 5.41 Å². The van der Waals surface area contributed by atoms with Crippen molar-refractivity contribution >= 4 is 39.9 Å². The standard InChI is InChI=1S/C24H28N4O4S/c1-7-8-9-15(2)16(3)20-19(21(25)31-5)26-23(33-20)27-22(29)18-12-10-17(11-13-18)14-28(4)24(30)32-6/h7-10,12,25H,1-3,11,13-14H2,4-6H3,(H,26,27,29)/b9-8-,25-21?. The molecule has 1 aliphatic carbocycles. The number of anilines is 1. The van der Waals surface area contributed by atoms with Crippen molar-refractivity contribution in [2.24, 2.45) is 0 Å². The van der Waals surface area contributed by atoms with Gasteiger partial charge in [0.05, 0.1) is 19.1 Å². The van der Waals surface area contributed by atoms with E-state index in [0.717, 1.165) is 5.57 Å². The van der Waals surface area contributed by atoms with Crippen LogP contribution in [-0.4, -0.2) is 55.6 Å². The average Bonchev–Trinajstić information content (AvgIpc) is 3.24. The molecule has 1 aliphatic rings. The smallest absolute Gasteiger partial charge is 0.409 e. The van der Waals surface area contributed by atoms with Crippen molar-refractivity contribution < 1.29 is 19.1 Å². The molecule has 1 aromatic heterocycles. The fraction of sp³-hybridized carbons (Fsp3) is 0.250. The summed E-state index contributed by atoms with van der Waals surface area (Å²) < 4.78 is 9.74. The summed E-state index contributed by atoms with van der Waals surface area (Å²) in [5.74, 6) is -0.416. The van der Waals surface area contributed by atoms with Crippen LogP contribution in [0.3, 0.4) is 0 Å². The van der Waals surface area contributed by atoms with E-state index in [9.17, 15) is 9.59 Å². The summed E-state index contributed by atoms with van der Waals surface area (Å²) in [5.41, 5.74) is 3.10. The van der Waals surface area contributed by atoms with Crippen LogP contribution in [0, 0.1) is 5.41 Å². The van der Waals surface area contributed by atoms with Gasteiger partial charge in [-0.15, -0.1) is 0 Å². The fourth-order valence-corrected chi connectivity index (χ4v) is 3.93. The second kappa shape index (κ2) is 11.8. The lowest BCUT2D eigenvalue weighted by Gasteiger charge is -2.20. The van der Waals surface area contributed by atoms with Gasteiger partial charge in [-0.3, -0.25) is 15.5 Å². The molecule has 0 saturated carbocycles. The number of thiazole rings is 1. The van der Waals surface area contributed by atoms with E-state index in [1.807, 2.05) is 6.08 Å². The molecule has 0 radical (unpaired) electrons. The lowest BCUT2D eigenvalue weighted by atomic mass is 9.97. The van der Waals surface area contributed by atoms with E-state index in [0.29, 0.717) is 46.1 Å². The Balaban J connectivity index is 2.18. The predicted molar refractivity (Wildman–Crippen MR) is 133 cm³/mol. The van der Waals surface area contributed by atoms with Crippen molar-refractivity contribution in [2.75, 3.05) is 33.1 Å². The van der Waals surface area contributed by atoms with Crippen LogP contribution >= 0.6 is 11.3 Å². The molecule has 1 heterocycles. The predicted octanol–water partition coefficient (Wildman–Crippen LogP) is 4.71. The number of rotatable bonds is 9. The Morgan fingerprint density at radius 1 is 1.27 bits per heavy atom. The molecule has 0 aliphatic heterocycles. The van der Waals surface area contributed by atoms with Crippen LogP contribution in [0.1, 0.15) is 23.4 Å². The van der Waals surface area contributed by atoms with Crippen LogP contribution in [0.25, 0.3) is 5.57 Å². The van der Waals surface area contributed by atoms with E-state index < -0.39 is 6.09 Å². The van der Waals surface area contributed by atoms with Gasteiger partial charge in [0.2, 0.25) is 5.90 Å². The van der Waals surface area contributed by atoms with Crippen LogP contribution in [-0.2, 0) is 14.3 Å². The summed E-state index contributed by atoms with van der Waals surface area (Å²) in [6.07, 6.45) is 9.46. The van der Waals surface area contributed by atoms with E-state index >= 15 is 0 Å². The van der Waals surface area contributed by atoms with Crippen LogP contribution in [0.5, 0.6) is 0 Å². The number of methoxy groups -OCH3 is 2. The highest BCUT2D eigenvalue weighted by Gasteiger charge is 2.22. The minimum absolute atomic E-state index is 0.136. The number of carbonyl (C=O) groups is 2. The third-order valence-corrected chi connectivity index (χ3v) is 5.85. The number of likely N-dealkylation sites (N-methyl/N-ethyl adjacent to an activating group) is 1.